The Hall–Kier alpha value is -0.650. The molecule has 1 unspecified atom stereocenters. The standard InChI is InChI=1S/C14H30N4O/c1-14(16,13(15)19)7-4-8-18-9-5-12(6-10-18)11-17(2)3/h12H,4-11,16H2,1-3H3,(H2,15,19). The summed E-state index contributed by atoms with van der Waals surface area (Å²) in [5, 5.41) is 0. The molecule has 1 saturated heterocycles. The van der Waals surface area contributed by atoms with Crippen LogP contribution in [0.2, 0.25) is 0 Å². The summed E-state index contributed by atoms with van der Waals surface area (Å²) in [6.45, 7) is 6.26. The molecule has 5 nitrogen and oxygen atoms in total. The minimum Gasteiger partial charge on any atom is -0.368 e. The zero-order valence-electron chi connectivity index (χ0n) is 12.7. The van der Waals surface area contributed by atoms with Crippen molar-refractivity contribution in [2.24, 2.45) is 17.4 Å². The number of amides is 1. The van der Waals surface area contributed by atoms with E-state index in [1.165, 1.54) is 19.4 Å². The van der Waals surface area contributed by atoms with E-state index in [0.29, 0.717) is 6.42 Å². The number of likely N-dealkylation sites (tertiary alicyclic amines) is 1. The summed E-state index contributed by atoms with van der Waals surface area (Å²) < 4.78 is 0. The number of hydrogen-bond acceptors (Lipinski definition) is 4. The lowest BCUT2D eigenvalue weighted by atomic mass is 9.94. The van der Waals surface area contributed by atoms with Gasteiger partial charge in [-0.2, -0.15) is 0 Å². The zero-order valence-corrected chi connectivity index (χ0v) is 12.7. The molecule has 112 valence electrons. The third-order valence-electron chi connectivity index (χ3n) is 4.06. The molecule has 0 aromatic carbocycles. The van der Waals surface area contributed by atoms with Crippen LogP contribution >= 0.6 is 0 Å². The van der Waals surface area contributed by atoms with Crippen LogP contribution in [0.25, 0.3) is 0 Å². The van der Waals surface area contributed by atoms with E-state index < -0.39 is 11.4 Å². The predicted molar refractivity (Wildman–Crippen MR) is 78.7 cm³/mol. The van der Waals surface area contributed by atoms with E-state index in [2.05, 4.69) is 23.9 Å². The molecule has 0 aliphatic carbocycles. The molecule has 1 atom stereocenters. The maximum atomic E-state index is 11.1. The molecule has 1 aliphatic rings. The Morgan fingerprint density at radius 3 is 2.42 bits per heavy atom. The summed E-state index contributed by atoms with van der Waals surface area (Å²) in [5.41, 5.74) is 10.3. The highest BCUT2D eigenvalue weighted by Gasteiger charge is 2.25. The van der Waals surface area contributed by atoms with Crippen LogP contribution in [0.15, 0.2) is 0 Å². The van der Waals surface area contributed by atoms with Crippen LogP contribution in [0, 0.1) is 5.92 Å². The lowest BCUT2D eigenvalue weighted by Crippen LogP contribution is -2.49. The van der Waals surface area contributed by atoms with E-state index in [1.54, 1.807) is 6.92 Å². The van der Waals surface area contributed by atoms with Gasteiger partial charge >= 0.3 is 0 Å². The highest BCUT2D eigenvalue weighted by Crippen LogP contribution is 2.18. The van der Waals surface area contributed by atoms with E-state index in [0.717, 1.165) is 32.0 Å². The maximum absolute atomic E-state index is 11.1. The molecule has 19 heavy (non-hydrogen) atoms. The van der Waals surface area contributed by atoms with Gasteiger partial charge in [-0.25, -0.2) is 0 Å². The van der Waals surface area contributed by atoms with Crippen LogP contribution in [0.1, 0.15) is 32.6 Å². The van der Waals surface area contributed by atoms with Gasteiger partial charge in [0.1, 0.15) is 0 Å². The van der Waals surface area contributed by atoms with Gasteiger partial charge in [0.2, 0.25) is 5.91 Å². The van der Waals surface area contributed by atoms with Crippen molar-refractivity contribution in [3.63, 3.8) is 0 Å². The highest BCUT2D eigenvalue weighted by atomic mass is 16.1. The summed E-state index contributed by atoms with van der Waals surface area (Å²) >= 11 is 0. The van der Waals surface area contributed by atoms with E-state index in [-0.39, 0.29) is 0 Å². The number of hydrogen-bond donors (Lipinski definition) is 2. The first kappa shape index (κ1) is 16.4. The van der Waals surface area contributed by atoms with Crippen molar-refractivity contribution in [2.75, 3.05) is 40.3 Å². The van der Waals surface area contributed by atoms with Crippen LogP contribution in [0.3, 0.4) is 0 Å². The van der Waals surface area contributed by atoms with Crippen molar-refractivity contribution in [1.29, 1.82) is 0 Å². The molecule has 0 saturated carbocycles. The molecule has 0 aromatic rings. The lowest BCUT2D eigenvalue weighted by molar-refractivity contribution is -0.122. The van der Waals surface area contributed by atoms with Crippen LogP contribution in [0.4, 0.5) is 0 Å². The first-order chi connectivity index (χ1) is 8.81. The van der Waals surface area contributed by atoms with Crippen LogP contribution in [0.5, 0.6) is 0 Å². The monoisotopic (exact) mass is 270 g/mol. The number of nitrogens with zero attached hydrogens (tertiary/aromatic N) is 2. The quantitative estimate of drug-likeness (QED) is 0.695. The molecule has 5 heteroatoms. The molecular formula is C14H30N4O. The van der Waals surface area contributed by atoms with Crippen molar-refractivity contribution >= 4 is 5.91 Å². The zero-order chi connectivity index (χ0) is 14.5. The molecule has 1 fully saturated rings. The number of rotatable bonds is 7. The summed E-state index contributed by atoms with van der Waals surface area (Å²) in [6.07, 6.45) is 4.15. The van der Waals surface area contributed by atoms with E-state index >= 15 is 0 Å². The van der Waals surface area contributed by atoms with Crippen molar-refractivity contribution in [3.05, 3.63) is 0 Å². The lowest BCUT2D eigenvalue weighted by Gasteiger charge is -2.33. The number of primary amides is 1. The van der Waals surface area contributed by atoms with Crippen molar-refractivity contribution < 1.29 is 4.79 Å². The Kier molecular flexibility index (Phi) is 6.23. The predicted octanol–water partition coefficient (Wildman–Crippen LogP) is 0.243. The second-order valence-electron chi connectivity index (χ2n) is 6.43. The van der Waals surface area contributed by atoms with Gasteiger partial charge in [0.15, 0.2) is 0 Å². The summed E-state index contributed by atoms with van der Waals surface area (Å²) in [4.78, 5) is 15.9. The Labute approximate surface area is 117 Å². The first-order valence-corrected chi connectivity index (χ1v) is 7.27. The third-order valence-corrected chi connectivity index (χ3v) is 4.06. The van der Waals surface area contributed by atoms with Gasteiger partial charge < -0.3 is 21.3 Å². The molecule has 1 aliphatic heterocycles. The number of carbonyl (C=O) groups is 1. The Morgan fingerprint density at radius 1 is 1.37 bits per heavy atom. The van der Waals surface area contributed by atoms with E-state index in [4.69, 9.17) is 11.5 Å². The second kappa shape index (κ2) is 7.22. The molecule has 1 rings (SSSR count). The molecular weight excluding hydrogens is 240 g/mol. The van der Waals surface area contributed by atoms with Crippen molar-refractivity contribution in [2.45, 2.75) is 38.1 Å². The molecule has 0 aromatic heterocycles. The average molecular weight is 270 g/mol. The van der Waals surface area contributed by atoms with Crippen molar-refractivity contribution in [1.82, 2.24) is 9.80 Å². The number of carbonyl (C=O) groups excluding carboxylic acids is 1. The van der Waals surface area contributed by atoms with Crippen LogP contribution in [-0.4, -0.2) is 61.5 Å². The molecule has 0 radical (unpaired) electrons. The largest absolute Gasteiger partial charge is 0.368 e. The molecule has 1 amide bonds. The van der Waals surface area contributed by atoms with E-state index in [1.807, 2.05) is 0 Å². The van der Waals surface area contributed by atoms with Gasteiger partial charge in [-0.3, -0.25) is 4.79 Å². The minimum absolute atomic E-state index is 0.405. The first-order valence-electron chi connectivity index (χ1n) is 7.27. The normalized spacial score (nSPS) is 21.5. The number of nitrogens with two attached hydrogens (primary N) is 2. The highest BCUT2D eigenvalue weighted by molar-refractivity contribution is 5.83. The smallest absolute Gasteiger partial charge is 0.237 e. The maximum Gasteiger partial charge on any atom is 0.237 e. The fraction of sp³-hybridized carbons (Fsp3) is 0.929. The Bertz CT molecular complexity index is 283. The summed E-state index contributed by atoms with van der Waals surface area (Å²) in [5.74, 6) is 0.425. The topological polar surface area (TPSA) is 75.6 Å². The SMILES string of the molecule is CN(C)CC1CCN(CCCC(C)(N)C(N)=O)CC1. The van der Waals surface area contributed by atoms with Crippen LogP contribution < -0.4 is 11.5 Å². The average Bonchev–Trinajstić information content (AvgIpc) is 2.30. The molecule has 4 N–H and O–H groups in total. The molecule has 0 spiro atoms. The fourth-order valence-electron chi connectivity index (χ4n) is 2.70. The molecule has 0 bridgehead atoms. The number of piperidine rings is 1. The van der Waals surface area contributed by atoms with E-state index in [9.17, 15) is 4.79 Å². The summed E-state index contributed by atoms with van der Waals surface area (Å²) in [7, 11) is 4.27. The third kappa shape index (κ3) is 5.89. The van der Waals surface area contributed by atoms with Gasteiger partial charge in [0.05, 0.1) is 5.54 Å². The second-order valence-corrected chi connectivity index (χ2v) is 6.43. The van der Waals surface area contributed by atoms with Gasteiger partial charge in [-0.15, -0.1) is 0 Å². The van der Waals surface area contributed by atoms with Crippen LogP contribution in [-0.2, 0) is 4.79 Å². The summed E-state index contributed by atoms with van der Waals surface area (Å²) in [6, 6.07) is 0. The fourth-order valence-corrected chi connectivity index (χ4v) is 2.70. The molecule has 1 heterocycles. The van der Waals surface area contributed by atoms with Gasteiger partial charge in [-0.05, 0) is 72.3 Å². The van der Waals surface area contributed by atoms with Gasteiger partial charge in [0, 0.05) is 6.54 Å². The van der Waals surface area contributed by atoms with Crippen molar-refractivity contribution in [3.8, 4) is 0 Å². The Balaban J connectivity index is 2.18. The minimum atomic E-state index is -0.858. The Morgan fingerprint density at radius 2 is 1.95 bits per heavy atom. The van der Waals surface area contributed by atoms with Gasteiger partial charge in [-0.1, -0.05) is 0 Å². The van der Waals surface area contributed by atoms with Gasteiger partial charge in [0.25, 0.3) is 0 Å².